The number of carboxylic acids is 1. The zero-order chi connectivity index (χ0) is 58.0. The summed E-state index contributed by atoms with van der Waals surface area (Å²) < 4.78 is 221. The van der Waals surface area contributed by atoms with Crippen LogP contribution in [0.1, 0.15) is 76.3 Å². The second kappa shape index (κ2) is 23.6. The van der Waals surface area contributed by atoms with Crippen molar-refractivity contribution in [2.45, 2.75) is 102 Å². The summed E-state index contributed by atoms with van der Waals surface area (Å²) in [5.74, 6) is -2.49. The number of carbonyl (C=O) groups is 1. The molecule has 24 nitrogen and oxygen atoms in total. The maximum absolute atomic E-state index is 12.8. The van der Waals surface area contributed by atoms with E-state index in [9.17, 15) is 87.7 Å². The van der Waals surface area contributed by atoms with Gasteiger partial charge in [0.15, 0.2) is 0 Å². The zero-order valence-corrected chi connectivity index (χ0v) is 47.2. The number of hydrogen-bond acceptors (Lipinski definition) is 17. The highest BCUT2D eigenvalue weighted by Gasteiger charge is 2.48. The molecule has 0 saturated heterocycles. The molecule has 430 valence electrons. The van der Waals surface area contributed by atoms with Crippen LogP contribution in [0.3, 0.4) is 0 Å². The number of aliphatic carboxylic acids is 1. The molecule has 0 amide bonds. The van der Waals surface area contributed by atoms with Gasteiger partial charge in [-0.25, -0.2) is 0 Å². The Hall–Kier alpha value is -4.93. The van der Waals surface area contributed by atoms with Gasteiger partial charge in [-0.3, -0.25) is 32.1 Å². The first-order chi connectivity index (χ1) is 36.0. The second-order valence-corrected chi connectivity index (χ2v) is 28.1. The molecule has 0 fully saturated rings. The molecule has 0 radical (unpaired) electrons. The molecular formula is C48H60N2O22S6. The minimum absolute atomic E-state index is 0.0425. The third-order valence-corrected chi connectivity index (χ3v) is 19.0. The lowest BCUT2D eigenvalue weighted by Gasteiger charge is -2.35. The molecule has 2 heterocycles. The van der Waals surface area contributed by atoms with Crippen LogP contribution < -0.4 is 9.80 Å². The van der Waals surface area contributed by atoms with Crippen molar-refractivity contribution in [1.82, 2.24) is 0 Å². The molecule has 0 aliphatic carbocycles. The lowest BCUT2D eigenvalue weighted by atomic mass is 9.73. The first-order valence-electron chi connectivity index (χ1n) is 23.9. The normalized spacial score (nSPS) is 20.0. The van der Waals surface area contributed by atoms with E-state index in [1.54, 1.807) is 55.2 Å². The fourth-order valence-corrected chi connectivity index (χ4v) is 14.3. The van der Waals surface area contributed by atoms with Crippen molar-refractivity contribution >= 4 is 99.6 Å². The Balaban J connectivity index is 1.57. The minimum atomic E-state index is -5.20. The number of unbranched alkanes of at least 4 members (excludes halogenated alkanes) is 2. The minimum Gasteiger partial charge on any atom is -0.481 e. The van der Waals surface area contributed by atoms with Crippen LogP contribution in [-0.2, 0) is 85.8 Å². The molecule has 3 atom stereocenters. The highest BCUT2D eigenvalue weighted by Crippen LogP contribution is 2.55. The molecule has 4 aromatic carbocycles. The van der Waals surface area contributed by atoms with Gasteiger partial charge in [0, 0.05) is 71.9 Å². The largest absolute Gasteiger partial charge is 0.481 e. The van der Waals surface area contributed by atoms with Crippen LogP contribution in [0.4, 0.5) is 11.4 Å². The van der Waals surface area contributed by atoms with Crippen molar-refractivity contribution in [2.75, 3.05) is 61.3 Å². The zero-order valence-electron chi connectivity index (χ0n) is 42.3. The summed E-state index contributed by atoms with van der Waals surface area (Å²) in [6, 6.07) is 7.97. The fourth-order valence-electron chi connectivity index (χ4n) is 10.6. The number of fused-ring (bicyclic) bond motifs is 6. The number of ether oxygens (including phenoxy) is 2. The Labute approximate surface area is 452 Å². The summed E-state index contributed by atoms with van der Waals surface area (Å²) in [4.78, 5) is 11.5. The number of benzene rings is 4. The van der Waals surface area contributed by atoms with Crippen molar-refractivity contribution in [3.05, 3.63) is 95.7 Å². The molecule has 6 rings (SSSR count). The smallest absolute Gasteiger partial charge is 0.303 e. The van der Waals surface area contributed by atoms with E-state index in [4.69, 9.17) is 9.47 Å². The summed E-state index contributed by atoms with van der Waals surface area (Å²) in [7, 11) is -28.2. The van der Waals surface area contributed by atoms with Gasteiger partial charge in [-0.15, -0.1) is 0 Å². The van der Waals surface area contributed by atoms with Crippen LogP contribution in [0.5, 0.6) is 0 Å². The number of methoxy groups -OCH3 is 1. The summed E-state index contributed by atoms with van der Waals surface area (Å²) >= 11 is 0. The van der Waals surface area contributed by atoms with Gasteiger partial charge in [-0.2, -0.15) is 50.5 Å². The molecule has 78 heavy (non-hydrogen) atoms. The predicted molar refractivity (Wildman–Crippen MR) is 287 cm³/mol. The third-order valence-electron chi connectivity index (χ3n) is 13.9. The van der Waals surface area contributed by atoms with Crippen molar-refractivity contribution in [3.63, 3.8) is 0 Å². The van der Waals surface area contributed by atoms with Gasteiger partial charge in [0.25, 0.3) is 60.7 Å². The monoisotopic (exact) mass is 1210 g/mol. The molecular weight excluding hydrogens is 1150 g/mol. The van der Waals surface area contributed by atoms with Gasteiger partial charge in [-0.1, -0.05) is 49.8 Å². The summed E-state index contributed by atoms with van der Waals surface area (Å²) in [6.07, 6.45) is 8.74. The number of nitrogens with zero attached hydrogens (tertiary/aromatic N) is 2. The second-order valence-electron chi connectivity index (χ2n) is 19.3. The molecule has 0 aromatic heterocycles. The molecule has 3 unspecified atom stereocenters. The van der Waals surface area contributed by atoms with Crippen LogP contribution in [0.15, 0.2) is 104 Å². The molecule has 0 saturated carbocycles. The van der Waals surface area contributed by atoms with Crippen molar-refractivity contribution in [2.24, 2.45) is 0 Å². The van der Waals surface area contributed by atoms with Gasteiger partial charge in [0.2, 0.25) is 0 Å². The Kier molecular flexibility index (Phi) is 18.9. The first kappa shape index (κ1) is 62.3. The van der Waals surface area contributed by atoms with E-state index in [-0.39, 0.29) is 97.8 Å². The maximum Gasteiger partial charge on any atom is 0.303 e. The summed E-state index contributed by atoms with van der Waals surface area (Å²) in [5.41, 5.74) is -0.755. The number of carboxylic acid groups (broad SMARTS) is 1. The van der Waals surface area contributed by atoms with E-state index >= 15 is 0 Å². The van der Waals surface area contributed by atoms with Crippen LogP contribution in [0, 0.1) is 0 Å². The van der Waals surface area contributed by atoms with Crippen molar-refractivity contribution in [1.29, 1.82) is 0 Å². The van der Waals surface area contributed by atoms with E-state index < -0.39 is 115 Å². The van der Waals surface area contributed by atoms with E-state index in [2.05, 4.69) is 0 Å². The van der Waals surface area contributed by atoms with Gasteiger partial charge < -0.3 is 24.4 Å². The lowest BCUT2D eigenvalue weighted by Crippen LogP contribution is -2.43. The van der Waals surface area contributed by atoms with Gasteiger partial charge in [0.05, 0.1) is 40.6 Å². The number of hydrogen-bond donors (Lipinski definition) is 7. The van der Waals surface area contributed by atoms with Gasteiger partial charge >= 0.3 is 5.97 Å². The van der Waals surface area contributed by atoms with E-state index in [0.717, 1.165) is 12.1 Å². The average molecular weight is 1210 g/mol. The van der Waals surface area contributed by atoms with E-state index in [1.165, 1.54) is 25.3 Å². The Morgan fingerprint density at radius 3 is 1.67 bits per heavy atom. The number of anilines is 2. The molecule has 0 bridgehead atoms. The standard InChI is InChI=1S/C48H60N2O22S6/c1-47(19-10-26-73(53,54)55)42(50(22-11-27-74(56,57)58)38-17-15-34-36(45(38)47)28-32(75(59,60)61)30-40(34)77(65,66)67)12-6-4-7-13-43-48(2,20-23-72-25-24-71-3)46-37-29-33(76(62,63)64)31-41(78(68,69)70)35(37)16-18-39(46)49(43)21-9-5-8-14-44(51)52/h4,6-7,12-13,15-18,28-31,42H,5,8-11,14,19-27H2,1-3H3,(H,51,52)(H,53,54,55)(H,56,57,58)(H,59,60,61)(H,62,63,64)(H,65,66,67)(H,68,69,70). The van der Waals surface area contributed by atoms with Gasteiger partial charge in [0.1, 0.15) is 9.79 Å². The first-order valence-corrected chi connectivity index (χ1v) is 32.9. The summed E-state index contributed by atoms with van der Waals surface area (Å²) in [5, 5.41) is 8.96. The molecule has 2 aliphatic rings. The average Bonchev–Trinajstić information content (AvgIpc) is 3.68. The van der Waals surface area contributed by atoms with Crippen LogP contribution in [-0.4, -0.2) is 146 Å². The fraction of sp³-hybridized carbons (Fsp3) is 0.438. The van der Waals surface area contributed by atoms with E-state index in [1.807, 2.05) is 4.90 Å². The molecule has 4 aromatic rings. The highest BCUT2D eigenvalue weighted by molar-refractivity contribution is 7.87. The SMILES string of the molecule is COCCOCCC1(C)C(=CC=CC=CC2N(CCCS(=O)(=O)O)c3ccc4c(S(=O)(=O)O)cc(S(=O)(=O)O)cc4c3C2(C)CCCS(=O)(=O)O)N(CCCCCC(=O)O)c2ccc3c(S(=O)(=O)O)cc(S(=O)(=O)O)cc3c21. The quantitative estimate of drug-likeness (QED) is 0.0209. The van der Waals surface area contributed by atoms with Gasteiger partial charge in [-0.05, 0) is 110 Å². The van der Waals surface area contributed by atoms with E-state index in [0.29, 0.717) is 48.3 Å². The number of allylic oxidation sites excluding steroid dienone is 5. The topological polar surface area (TPSA) is 388 Å². The van der Waals surface area contributed by atoms with Crippen LogP contribution >= 0.6 is 0 Å². The Morgan fingerprint density at radius 2 is 1.14 bits per heavy atom. The molecule has 7 N–H and O–H groups in total. The van der Waals surface area contributed by atoms with Crippen LogP contribution in [0.25, 0.3) is 21.5 Å². The third kappa shape index (κ3) is 14.3. The maximum atomic E-state index is 12.8. The highest BCUT2D eigenvalue weighted by atomic mass is 32.2. The van der Waals surface area contributed by atoms with Crippen molar-refractivity contribution in [3.8, 4) is 0 Å². The Bertz CT molecular complexity index is 3790. The Morgan fingerprint density at radius 1 is 0.590 bits per heavy atom. The summed E-state index contributed by atoms with van der Waals surface area (Å²) in [6.45, 7) is 3.97. The molecule has 2 aliphatic heterocycles. The van der Waals surface area contributed by atoms with Crippen molar-refractivity contribution < 1.29 is 97.2 Å². The molecule has 30 heteroatoms. The predicted octanol–water partition coefficient (Wildman–Crippen LogP) is 5.84. The number of rotatable bonds is 27. The molecule has 0 spiro atoms. The lowest BCUT2D eigenvalue weighted by molar-refractivity contribution is -0.137. The van der Waals surface area contributed by atoms with Crippen LogP contribution in [0.2, 0.25) is 0 Å².